The fourth-order valence-electron chi connectivity index (χ4n) is 3.17. The zero-order valence-corrected chi connectivity index (χ0v) is 17.0. The summed E-state index contributed by atoms with van der Waals surface area (Å²) in [7, 11) is 2.42. The van der Waals surface area contributed by atoms with Crippen molar-refractivity contribution in [1.82, 2.24) is 0 Å². The Morgan fingerprint density at radius 3 is 2.00 bits per heavy atom. The van der Waals surface area contributed by atoms with Gasteiger partial charge < -0.3 is 18.9 Å². The van der Waals surface area contributed by atoms with Crippen LogP contribution in [-0.2, 0) is 34.0 Å². The minimum Gasteiger partial charge on any atom is -0.469 e. The molecule has 0 spiro atoms. The number of hydrogen-bond donors (Lipinski definition) is 0. The lowest BCUT2D eigenvalue weighted by Gasteiger charge is -2.26. The highest BCUT2D eigenvalue weighted by Gasteiger charge is 2.45. The molecule has 1 aliphatic heterocycles. The summed E-state index contributed by atoms with van der Waals surface area (Å²) in [5.74, 6) is -3.80. The number of Topliss-reactive ketones (excluding diaryl/α,β-unsaturated/α-hetero) is 1. The molecule has 1 aliphatic rings. The summed E-state index contributed by atoms with van der Waals surface area (Å²) in [6, 6.07) is 7.24. The van der Waals surface area contributed by atoms with Crippen LogP contribution in [0.2, 0.25) is 0 Å². The molecule has 7 heteroatoms. The quantitative estimate of drug-likeness (QED) is 0.520. The molecule has 1 saturated heterocycles. The van der Waals surface area contributed by atoms with Crippen LogP contribution in [0.3, 0.4) is 0 Å². The molecule has 0 N–H and O–H groups in total. The Kier molecular flexibility index (Phi) is 7.32. The first-order chi connectivity index (χ1) is 13.2. The lowest BCUT2D eigenvalue weighted by atomic mass is 9.84. The summed E-state index contributed by atoms with van der Waals surface area (Å²) in [6.45, 7) is 6.85. The van der Waals surface area contributed by atoms with E-state index >= 15 is 0 Å². The average Bonchev–Trinajstić information content (AvgIpc) is 3.20. The molecule has 0 bridgehead atoms. The normalized spacial score (nSPS) is 17.0. The monoisotopic (exact) mass is 392 g/mol. The van der Waals surface area contributed by atoms with Crippen LogP contribution in [0, 0.1) is 11.8 Å². The number of esters is 2. The van der Waals surface area contributed by atoms with E-state index in [1.54, 1.807) is 12.1 Å². The van der Waals surface area contributed by atoms with Crippen LogP contribution in [0.15, 0.2) is 24.3 Å². The molecule has 28 heavy (non-hydrogen) atoms. The van der Waals surface area contributed by atoms with Gasteiger partial charge in [-0.3, -0.25) is 14.4 Å². The molecule has 0 radical (unpaired) electrons. The van der Waals surface area contributed by atoms with Crippen LogP contribution in [0.4, 0.5) is 0 Å². The van der Waals surface area contributed by atoms with E-state index in [0.717, 1.165) is 5.56 Å². The standard InChI is InChI=1S/C21H28O7/c1-21(2,3)14-8-6-13(7-9-14)16(22)12-15(18(23)25-4)17(19(24)26-5)20-27-10-11-28-20/h6-9,15,17,20H,10-12H2,1-5H3. The van der Waals surface area contributed by atoms with E-state index in [1.165, 1.54) is 14.2 Å². The molecule has 1 fully saturated rings. The van der Waals surface area contributed by atoms with Crippen molar-refractivity contribution in [3.8, 4) is 0 Å². The summed E-state index contributed by atoms with van der Waals surface area (Å²) in [5, 5.41) is 0. The fraction of sp³-hybridized carbons (Fsp3) is 0.571. The van der Waals surface area contributed by atoms with Gasteiger partial charge in [0.05, 0.1) is 33.4 Å². The number of rotatable bonds is 7. The highest BCUT2D eigenvalue weighted by Crippen LogP contribution is 2.29. The summed E-state index contributed by atoms with van der Waals surface area (Å²) < 4.78 is 20.5. The van der Waals surface area contributed by atoms with Crippen LogP contribution < -0.4 is 0 Å². The molecule has 2 atom stereocenters. The first-order valence-electron chi connectivity index (χ1n) is 9.21. The van der Waals surface area contributed by atoms with Gasteiger partial charge in [0.2, 0.25) is 0 Å². The molecule has 2 unspecified atom stereocenters. The van der Waals surface area contributed by atoms with Gasteiger partial charge in [-0.1, -0.05) is 45.0 Å². The van der Waals surface area contributed by atoms with Crippen molar-refractivity contribution < 1.29 is 33.3 Å². The fourth-order valence-corrected chi connectivity index (χ4v) is 3.17. The van der Waals surface area contributed by atoms with E-state index in [1.807, 2.05) is 12.1 Å². The van der Waals surface area contributed by atoms with Gasteiger partial charge in [0.1, 0.15) is 5.92 Å². The molecule has 0 amide bonds. The first-order valence-corrected chi connectivity index (χ1v) is 9.21. The van der Waals surface area contributed by atoms with E-state index in [0.29, 0.717) is 18.8 Å². The molecule has 1 aromatic rings. The van der Waals surface area contributed by atoms with Crippen molar-refractivity contribution >= 4 is 17.7 Å². The Hall–Kier alpha value is -2.25. The van der Waals surface area contributed by atoms with Crippen LogP contribution in [0.25, 0.3) is 0 Å². The largest absolute Gasteiger partial charge is 0.469 e. The van der Waals surface area contributed by atoms with Gasteiger partial charge in [-0.05, 0) is 11.0 Å². The van der Waals surface area contributed by atoms with Crippen molar-refractivity contribution in [2.45, 2.75) is 38.9 Å². The number of ether oxygens (including phenoxy) is 4. The van der Waals surface area contributed by atoms with Gasteiger partial charge in [0.15, 0.2) is 12.1 Å². The molecule has 154 valence electrons. The predicted octanol–water partition coefficient (Wildman–Crippen LogP) is 2.51. The van der Waals surface area contributed by atoms with Gasteiger partial charge in [-0.2, -0.15) is 0 Å². The van der Waals surface area contributed by atoms with Crippen LogP contribution in [0.1, 0.15) is 43.1 Å². The van der Waals surface area contributed by atoms with Gasteiger partial charge in [0.25, 0.3) is 0 Å². The van der Waals surface area contributed by atoms with Crippen LogP contribution in [0.5, 0.6) is 0 Å². The summed E-state index contributed by atoms with van der Waals surface area (Å²) >= 11 is 0. The van der Waals surface area contributed by atoms with Crippen LogP contribution in [-0.4, -0.2) is 51.4 Å². The number of ketones is 1. The van der Waals surface area contributed by atoms with Gasteiger partial charge in [-0.15, -0.1) is 0 Å². The van der Waals surface area contributed by atoms with Crippen molar-refractivity contribution in [3.63, 3.8) is 0 Å². The molecule has 0 saturated carbocycles. The third-order valence-corrected chi connectivity index (χ3v) is 4.83. The van der Waals surface area contributed by atoms with Gasteiger partial charge >= 0.3 is 11.9 Å². The molecule has 0 aromatic heterocycles. The number of methoxy groups -OCH3 is 2. The minimum atomic E-state index is -1.09. The Bertz CT molecular complexity index is 696. The molecular weight excluding hydrogens is 364 g/mol. The van der Waals surface area contributed by atoms with E-state index < -0.39 is 30.1 Å². The summed E-state index contributed by atoms with van der Waals surface area (Å²) in [4.78, 5) is 37.5. The maximum Gasteiger partial charge on any atom is 0.314 e. The lowest BCUT2D eigenvalue weighted by molar-refractivity contribution is -0.175. The lowest BCUT2D eigenvalue weighted by Crippen LogP contribution is -2.41. The topological polar surface area (TPSA) is 88.1 Å². The number of carbonyl (C=O) groups excluding carboxylic acids is 3. The Balaban J connectivity index is 2.26. The number of hydrogen-bond acceptors (Lipinski definition) is 7. The van der Waals surface area contributed by atoms with Crippen molar-refractivity contribution in [2.75, 3.05) is 27.4 Å². The van der Waals surface area contributed by atoms with Gasteiger partial charge in [0, 0.05) is 12.0 Å². The third-order valence-electron chi connectivity index (χ3n) is 4.83. The zero-order chi connectivity index (χ0) is 20.9. The number of benzene rings is 1. The maximum atomic E-state index is 12.8. The maximum absolute atomic E-state index is 12.8. The second-order valence-electron chi connectivity index (χ2n) is 7.74. The number of carbonyl (C=O) groups is 3. The zero-order valence-electron chi connectivity index (χ0n) is 17.0. The van der Waals surface area contributed by atoms with Crippen molar-refractivity contribution in [1.29, 1.82) is 0 Å². The Labute approximate surface area is 165 Å². The summed E-state index contributed by atoms with van der Waals surface area (Å²) in [5.41, 5.74) is 1.51. The molecule has 2 rings (SSSR count). The molecule has 1 heterocycles. The average molecular weight is 392 g/mol. The van der Waals surface area contributed by atoms with E-state index in [-0.39, 0.29) is 17.6 Å². The smallest absolute Gasteiger partial charge is 0.314 e. The minimum absolute atomic E-state index is 0.0384. The molecule has 7 nitrogen and oxygen atoms in total. The highest BCUT2D eigenvalue weighted by atomic mass is 16.7. The van der Waals surface area contributed by atoms with E-state index in [2.05, 4.69) is 20.8 Å². The molecule has 0 aliphatic carbocycles. The van der Waals surface area contributed by atoms with E-state index in [9.17, 15) is 14.4 Å². The Morgan fingerprint density at radius 2 is 1.54 bits per heavy atom. The Morgan fingerprint density at radius 1 is 1.00 bits per heavy atom. The van der Waals surface area contributed by atoms with Crippen molar-refractivity contribution in [3.05, 3.63) is 35.4 Å². The second-order valence-corrected chi connectivity index (χ2v) is 7.74. The predicted molar refractivity (Wildman–Crippen MR) is 101 cm³/mol. The SMILES string of the molecule is COC(=O)C(CC(=O)c1ccc(C(C)(C)C)cc1)C(C(=O)OC)C1OCCO1. The van der Waals surface area contributed by atoms with E-state index in [4.69, 9.17) is 18.9 Å². The van der Waals surface area contributed by atoms with Crippen molar-refractivity contribution in [2.24, 2.45) is 11.8 Å². The molecule has 1 aromatic carbocycles. The third kappa shape index (κ3) is 5.17. The second kappa shape index (κ2) is 9.30. The van der Waals surface area contributed by atoms with Crippen LogP contribution >= 0.6 is 0 Å². The highest BCUT2D eigenvalue weighted by molar-refractivity contribution is 5.99. The molecular formula is C21H28O7. The summed E-state index contributed by atoms with van der Waals surface area (Å²) in [6.07, 6.45) is -1.17. The first kappa shape index (κ1) is 22.0. The van der Waals surface area contributed by atoms with Gasteiger partial charge in [-0.25, -0.2) is 0 Å².